The van der Waals surface area contributed by atoms with Gasteiger partial charge in [0.2, 0.25) is 0 Å². The van der Waals surface area contributed by atoms with Gasteiger partial charge in [0.05, 0.1) is 12.7 Å². The maximum Gasteiger partial charge on any atom is 0.107 e. The first-order valence-corrected chi connectivity index (χ1v) is 6.46. The van der Waals surface area contributed by atoms with Crippen LogP contribution in [0.5, 0.6) is 0 Å². The van der Waals surface area contributed by atoms with E-state index < -0.39 is 0 Å². The zero-order valence-electron chi connectivity index (χ0n) is 10.5. The summed E-state index contributed by atoms with van der Waals surface area (Å²) in [7, 11) is 0. The van der Waals surface area contributed by atoms with Gasteiger partial charge in [-0.15, -0.1) is 0 Å². The van der Waals surface area contributed by atoms with Crippen LogP contribution in [0.2, 0.25) is 0 Å². The Morgan fingerprint density at radius 1 is 1.50 bits per heavy atom. The van der Waals surface area contributed by atoms with Crippen molar-refractivity contribution < 1.29 is 9.84 Å². The highest BCUT2D eigenvalue weighted by Gasteiger charge is 2.57. The molecule has 0 aromatic rings. The van der Waals surface area contributed by atoms with E-state index in [1.165, 1.54) is 18.4 Å². The highest BCUT2D eigenvalue weighted by atomic mass is 16.6. The normalized spacial score (nSPS) is 45.6. The number of hydrogen-bond acceptors (Lipinski definition) is 2. The molecular weight excluding hydrogens is 200 g/mol. The first-order valence-electron chi connectivity index (χ1n) is 6.46. The topological polar surface area (TPSA) is 32.8 Å². The van der Waals surface area contributed by atoms with Gasteiger partial charge in [0, 0.05) is 0 Å². The number of epoxide rings is 1. The predicted octanol–water partition coefficient (Wildman–Crippen LogP) is 2.52. The summed E-state index contributed by atoms with van der Waals surface area (Å²) in [6.45, 7) is 7.90. The molecule has 4 atom stereocenters. The van der Waals surface area contributed by atoms with Crippen LogP contribution in [0.3, 0.4) is 0 Å². The highest BCUT2D eigenvalue weighted by Crippen LogP contribution is 2.65. The van der Waals surface area contributed by atoms with Crippen molar-refractivity contribution in [2.45, 2.75) is 52.2 Å². The van der Waals surface area contributed by atoms with E-state index >= 15 is 0 Å². The summed E-state index contributed by atoms with van der Waals surface area (Å²) < 4.78 is 5.17. The second-order valence-electron chi connectivity index (χ2n) is 6.53. The molecule has 0 spiro atoms. The van der Waals surface area contributed by atoms with E-state index in [2.05, 4.69) is 26.8 Å². The number of aliphatic hydroxyl groups is 1. The molecule has 1 N–H and O–H groups in total. The van der Waals surface area contributed by atoms with Crippen LogP contribution in [-0.2, 0) is 4.74 Å². The Bertz CT molecular complexity index is 341. The van der Waals surface area contributed by atoms with Crippen molar-refractivity contribution in [2.24, 2.45) is 16.7 Å². The van der Waals surface area contributed by atoms with Gasteiger partial charge in [-0.3, -0.25) is 0 Å². The first kappa shape index (κ1) is 10.8. The Morgan fingerprint density at radius 3 is 2.62 bits per heavy atom. The minimum Gasteiger partial charge on any atom is -0.390 e. The first-order chi connectivity index (χ1) is 7.45. The summed E-state index contributed by atoms with van der Waals surface area (Å²) in [6, 6.07) is 0. The molecule has 2 bridgehead atoms. The quantitative estimate of drug-likeness (QED) is 0.588. The van der Waals surface area contributed by atoms with Gasteiger partial charge >= 0.3 is 0 Å². The van der Waals surface area contributed by atoms with Gasteiger partial charge < -0.3 is 9.84 Å². The van der Waals surface area contributed by atoms with Crippen LogP contribution in [0.25, 0.3) is 0 Å². The minimum absolute atomic E-state index is 0.117. The van der Waals surface area contributed by atoms with Gasteiger partial charge in [-0.05, 0) is 36.0 Å². The molecule has 1 saturated carbocycles. The molecule has 3 aliphatic rings. The minimum atomic E-state index is -0.279. The van der Waals surface area contributed by atoms with Crippen molar-refractivity contribution in [1.82, 2.24) is 0 Å². The van der Waals surface area contributed by atoms with E-state index in [-0.39, 0.29) is 12.2 Å². The van der Waals surface area contributed by atoms with Gasteiger partial charge in [0.1, 0.15) is 6.10 Å². The average molecular weight is 222 g/mol. The van der Waals surface area contributed by atoms with Crippen LogP contribution in [0.1, 0.15) is 40.0 Å². The Kier molecular flexibility index (Phi) is 2.10. The van der Waals surface area contributed by atoms with E-state index in [0.29, 0.717) is 10.8 Å². The zero-order chi connectivity index (χ0) is 11.6. The van der Waals surface area contributed by atoms with Crippen LogP contribution in [-0.4, -0.2) is 23.9 Å². The Labute approximate surface area is 97.7 Å². The molecular formula is C14H22O2. The molecule has 16 heavy (non-hydrogen) atoms. The van der Waals surface area contributed by atoms with Crippen LogP contribution >= 0.6 is 0 Å². The SMILES string of the molecule is CC1(C)[C@@H]2C=C(C[C@@H](O)[C@@H]3CO3)[C@@]1(C)CC2. The monoisotopic (exact) mass is 222 g/mol. The molecule has 0 aromatic carbocycles. The van der Waals surface area contributed by atoms with Crippen molar-refractivity contribution in [2.75, 3.05) is 6.61 Å². The van der Waals surface area contributed by atoms with Crippen molar-refractivity contribution in [3.05, 3.63) is 11.6 Å². The van der Waals surface area contributed by atoms with Gasteiger partial charge in [0.15, 0.2) is 0 Å². The van der Waals surface area contributed by atoms with E-state index in [9.17, 15) is 5.11 Å². The zero-order valence-corrected chi connectivity index (χ0v) is 10.5. The molecule has 1 saturated heterocycles. The highest BCUT2D eigenvalue weighted by molar-refractivity contribution is 5.32. The third-order valence-electron chi connectivity index (χ3n) is 5.63. The number of rotatable bonds is 3. The second-order valence-corrected chi connectivity index (χ2v) is 6.53. The van der Waals surface area contributed by atoms with Crippen molar-refractivity contribution in [3.63, 3.8) is 0 Å². The summed E-state index contributed by atoms with van der Waals surface area (Å²) in [5.41, 5.74) is 2.18. The van der Waals surface area contributed by atoms with Crippen molar-refractivity contribution in [1.29, 1.82) is 0 Å². The smallest absolute Gasteiger partial charge is 0.107 e. The summed E-state index contributed by atoms with van der Waals surface area (Å²) in [6.07, 6.45) is 5.71. The predicted molar refractivity (Wildman–Crippen MR) is 63.1 cm³/mol. The van der Waals surface area contributed by atoms with Gasteiger partial charge in [0.25, 0.3) is 0 Å². The van der Waals surface area contributed by atoms with Gasteiger partial charge in [-0.1, -0.05) is 32.4 Å². The van der Waals surface area contributed by atoms with Crippen molar-refractivity contribution >= 4 is 0 Å². The van der Waals surface area contributed by atoms with Gasteiger partial charge in [-0.2, -0.15) is 0 Å². The largest absolute Gasteiger partial charge is 0.390 e. The van der Waals surface area contributed by atoms with Crippen LogP contribution in [0, 0.1) is 16.7 Å². The molecule has 1 heterocycles. The average Bonchev–Trinajstić information content (AvgIpc) is 2.98. The molecule has 2 fully saturated rings. The number of fused-ring (bicyclic) bond motifs is 2. The molecule has 0 unspecified atom stereocenters. The maximum absolute atomic E-state index is 10.00. The molecule has 0 radical (unpaired) electrons. The van der Waals surface area contributed by atoms with E-state index in [0.717, 1.165) is 18.9 Å². The summed E-state index contributed by atoms with van der Waals surface area (Å²) in [5, 5.41) is 10.00. The molecule has 0 amide bonds. The fraction of sp³-hybridized carbons (Fsp3) is 0.857. The van der Waals surface area contributed by atoms with E-state index in [1.54, 1.807) is 0 Å². The number of hydrogen-bond donors (Lipinski definition) is 1. The summed E-state index contributed by atoms with van der Waals surface area (Å²) >= 11 is 0. The van der Waals surface area contributed by atoms with Gasteiger partial charge in [-0.25, -0.2) is 0 Å². The fourth-order valence-corrected chi connectivity index (χ4v) is 3.76. The van der Waals surface area contributed by atoms with Crippen molar-refractivity contribution in [3.8, 4) is 0 Å². The number of allylic oxidation sites excluding steroid dienone is 1. The Morgan fingerprint density at radius 2 is 2.19 bits per heavy atom. The van der Waals surface area contributed by atoms with Crippen LogP contribution in [0.15, 0.2) is 11.6 Å². The Balaban J connectivity index is 1.79. The molecule has 3 rings (SSSR count). The Hall–Kier alpha value is -0.340. The fourth-order valence-electron chi connectivity index (χ4n) is 3.76. The lowest BCUT2D eigenvalue weighted by Gasteiger charge is -2.38. The lowest BCUT2D eigenvalue weighted by atomic mass is 9.66. The molecule has 2 aliphatic carbocycles. The maximum atomic E-state index is 10.00. The van der Waals surface area contributed by atoms with Crippen LogP contribution in [0.4, 0.5) is 0 Å². The third-order valence-corrected chi connectivity index (χ3v) is 5.63. The lowest BCUT2D eigenvalue weighted by Crippen LogP contribution is -2.31. The summed E-state index contributed by atoms with van der Waals surface area (Å²) in [4.78, 5) is 0. The summed E-state index contributed by atoms with van der Waals surface area (Å²) in [5.74, 6) is 0.722. The molecule has 2 nitrogen and oxygen atoms in total. The third kappa shape index (κ3) is 1.26. The van der Waals surface area contributed by atoms with E-state index in [1.807, 2.05) is 0 Å². The molecule has 0 aromatic heterocycles. The van der Waals surface area contributed by atoms with E-state index in [4.69, 9.17) is 4.74 Å². The molecule has 1 aliphatic heterocycles. The number of aliphatic hydroxyl groups excluding tert-OH is 1. The van der Waals surface area contributed by atoms with Crippen LogP contribution < -0.4 is 0 Å². The lowest BCUT2D eigenvalue weighted by molar-refractivity contribution is 0.115. The number of ether oxygens (including phenoxy) is 1. The standard InChI is InChI=1S/C14H22O2/c1-13(2)9-4-5-14(13,3)10(6-9)7-11(15)12-8-16-12/h6,9,11-12,15H,4-5,7-8H2,1-3H3/t9-,11+,12-,14+/m0/s1. The molecule has 2 heteroatoms. The molecule has 90 valence electrons. The second kappa shape index (κ2) is 3.11.